The molecule has 0 saturated heterocycles. The largest absolute Gasteiger partial charge is 0.481 e. The number of carbonyl (C=O) groups is 1. The van der Waals surface area contributed by atoms with Gasteiger partial charge in [-0.25, -0.2) is 4.98 Å². The third-order valence-corrected chi connectivity index (χ3v) is 2.81. The van der Waals surface area contributed by atoms with Crippen LogP contribution in [0.25, 0.3) is 10.9 Å². The molecule has 0 aliphatic carbocycles. The second kappa shape index (κ2) is 5.47. The topological polar surface area (TPSA) is 115 Å². The van der Waals surface area contributed by atoms with E-state index in [1.807, 2.05) is 0 Å². The Morgan fingerprint density at radius 1 is 1.45 bits per heavy atom. The van der Waals surface area contributed by atoms with Crippen LogP contribution in [0.3, 0.4) is 0 Å². The van der Waals surface area contributed by atoms with Gasteiger partial charge in [-0.05, 0) is 12.5 Å². The monoisotopic (exact) mass is 277 g/mol. The van der Waals surface area contributed by atoms with Gasteiger partial charge in [-0.2, -0.15) is 0 Å². The zero-order chi connectivity index (χ0) is 14.7. The average Bonchev–Trinajstić information content (AvgIpc) is 2.40. The Morgan fingerprint density at radius 3 is 2.85 bits per heavy atom. The number of aryl methyl sites for hydroxylation is 1. The first kappa shape index (κ1) is 13.7. The van der Waals surface area contributed by atoms with Crippen LogP contribution in [0.4, 0.5) is 5.69 Å². The molecule has 0 amide bonds. The van der Waals surface area contributed by atoms with Crippen molar-refractivity contribution in [1.82, 2.24) is 9.55 Å². The van der Waals surface area contributed by atoms with Gasteiger partial charge in [-0.15, -0.1) is 0 Å². The summed E-state index contributed by atoms with van der Waals surface area (Å²) in [5, 5.41) is 19.4. The van der Waals surface area contributed by atoms with E-state index in [0.717, 1.165) is 0 Å². The number of non-ortho nitro benzene ring substituents is 1. The lowest BCUT2D eigenvalue weighted by molar-refractivity contribution is -0.384. The summed E-state index contributed by atoms with van der Waals surface area (Å²) in [6, 6.07) is 3.87. The van der Waals surface area contributed by atoms with E-state index in [1.165, 1.54) is 29.1 Å². The van der Waals surface area contributed by atoms with Crippen LogP contribution in [0.5, 0.6) is 0 Å². The van der Waals surface area contributed by atoms with Crippen LogP contribution in [0.15, 0.2) is 29.3 Å². The summed E-state index contributed by atoms with van der Waals surface area (Å²) in [6.07, 6.45) is 1.55. The van der Waals surface area contributed by atoms with Crippen molar-refractivity contribution in [2.75, 3.05) is 0 Å². The fourth-order valence-corrected chi connectivity index (χ4v) is 1.82. The minimum Gasteiger partial charge on any atom is -0.481 e. The Morgan fingerprint density at radius 2 is 2.20 bits per heavy atom. The van der Waals surface area contributed by atoms with Gasteiger partial charge in [0.25, 0.3) is 11.2 Å². The summed E-state index contributed by atoms with van der Waals surface area (Å²) in [4.78, 5) is 36.7. The molecule has 0 bridgehead atoms. The molecule has 1 N–H and O–H groups in total. The van der Waals surface area contributed by atoms with Gasteiger partial charge in [-0.3, -0.25) is 24.3 Å². The van der Waals surface area contributed by atoms with Gasteiger partial charge < -0.3 is 5.11 Å². The number of fused-ring (bicyclic) bond motifs is 1. The van der Waals surface area contributed by atoms with Gasteiger partial charge in [0, 0.05) is 25.1 Å². The predicted molar refractivity (Wildman–Crippen MR) is 69.5 cm³/mol. The molecule has 1 aromatic heterocycles. The lowest BCUT2D eigenvalue weighted by atomic mass is 10.2. The summed E-state index contributed by atoms with van der Waals surface area (Å²) in [5.41, 5.74) is -0.223. The highest BCUT2D eigenvalue weighted by atomic mass is 16.6. The highest BCUT2D eigenvalue weighted by Gasteiger charge is 2.10. The third-order valence-electron chi connectivity index (χ3n) is 2.81. The molecule has 0 fully saturated rings. The zero-order valence-corrected chi connectivity index (χ0v) is 10.4. The molecule has 104 valence electrons. The number of aromatic nitrogens is 2. The van der Waals surface area contributed by atoms with Crippen LogP contribution in [0.1, 0.15) is 12.8 Å². The van der Waals surface area contributed by atoms with Crippen molar-refractivity contribution in [1.29, 1.82) is 0 Å². The van der Waals surface area contributed by atoms with E-state index in [0.29, 0.717) is 5.52 Å². The lowest BCUT2D eigenvalue weighted by Crippen LogP contribution is -2.21. The van der Waals surface area contributed by atoms with Crippen LogP contribution in [0, 0.1) is 10.1 Å². The van der Waals surface area contributed by atoms with Crippen molar-refractivity contribution < 1.29 is 14.8 Å². The van der Waals surface area contributed by atoms with Gasteiger partial charge in [0.15, 0.2) is 0 Å². The van der Waals surface area contributed by atoms with E-state index < -0.39 is 16.5 Å². The molecule has 8 nitrogen and oxygen atoms in total. The highest BCUT2D eigenvalue weighted by Crippen LogP contribution is 2.16. The highest BCUT2D eigenvalue weighted by molar-refractivity contribution is 5.79. The number of carboxylic acids is 1. The SMILES string of the molecule is O=C(O)CCCn1cnc2ccc([N+](=O)[O-])cc2c1=O. The molecule has 0 unspecified atom stereocenters. The average molecular weight is 277 g/mol. The number of rotatable bonds is 5. The van der Waals surface area contributed by atoms with Crippen LogP contribution >= 0.6 is 0 Å². The van der Waals surface area contributed by atoms with Crippen molar-refractivity contribution in [2.45, 2.75) is 19.4 Å². The van der Waals surface area contributed by atoms with Crippen molar-refractivity contribution in [2.24, 2.45) is 0 Å². The molecule has 8 heteroatoms. The second-order valence-corrected chi connectivity index (χ2v) is 4.20. The summed E-state index contributed by atoms with van der Waals surface area (Å²) >= 11 is 0. The Kier molecular flexibility index (Phi) is 3.74. The molecule has 1 aromatic carbocycles. The summed E-state index contributed by atoms with van der Waals surface area (Å²) in [5.74, 6) is -0.942. The van der Waals surface area contributed by atoms with Crippen molar-refractivity contribution in [3.8, 4) is 0 Å². The first-order valence-corrected chi connectivity index (χ1v) is 5.84. The number of hydrogen-bond acceptors (Lipinski definition) is 5. The standard InChI is InChI=1S/C12H11N3O5/c16-11(17)2-1-5-14-7-13-10-4-3-8(15(19)20)6-9(10)12(14)18/h3-4,6-7H,1-2,5H2,(H,16,17). The number of nitro benzene ring substituents is 1. The smallest absolute Gasteiger partial charge is 0.303 e. The molecule has 0 aliphatic rings. The van der Waals surface area contributed by atoms with Crippen molar-refractivity contribution >= 4 is 22.6 Å². The molecule has 1 heterocycles. The number of carboxylic acid groups (broad SMARTS) is 1. The van der Waals surface area contributed by atoms with E-state index in [9.17, 15) is 19.7 Å². The van der Waals surface area contributed by atoms with Gasteiger partial charge in [-0.1, -0.05) is 0 Å². The maximum atomic E-state index is 12.1. The Bertz CT molecular complexity index is 737. The minimum atomic E-state index is -0.942. The number of aliphatic carboxylic acids is 1. The van der Waals surface area contributed by atoms with Crippen LogP contribution in [-0.4, -0.2) is 25.6 Å². The van der Waals surface area contributed by atoms with Crippen LogP contribution < -0.4 is 5.56 Å². The Hall–Kier alpha value is -2.77. The van der Waals surface area contributed by atoms with Gasteiger partial charge in [0.1, 0.15) is 0 Å². The van der Waals surface area contributed by atoms with Crippen LogP contribution in [-0.2, 0) is 11.3 Å². The first-order valence-electron chi connectivity index (χ1n) is 5.84. The molecule has 0 atom stereocenters. The van der Waals surface area contributed by atoms with Crippen molar-refractivity contribution in [3.05, 3.63) is 45.0 Å². The quantitative estimate of drug-likeness (QED) is 0.647. The normalized spacial score (nSPS) is 10.6. The number of nitrogens with zero attached hydrogens (tertiary/aromatic N) is 3. The van der Waals surface area contributed by atoms with E-state index in [-0.39, 0.29) is 30.5 Å². The Labute approximate surface area is 112 Å². The Balaban J connectivity index is 2.38. The molecule has 0 saturated carbocycles. The number of hydrogen-bond donors (Lipinski definition) is 1. The fourth-order valence-electron chi connectivity index (χ4n) is 1.82. The molecule has 20 heavy (non-hydrogen) atoms. The maximum absolute atomic E-state index is 12.1. The molecule has 0 radical (unpaired) electrons. The predicted octanol–water partition coefficient (Wildman–Crippen LogP) is 1.17. The molecule has 0 spiro atoms. The minimum absolute atomic E-state index is 0.0561. The molecular weight excluding hydrogens is 266 g/mol. The number of benzene rings is 1. The van der Waals surface area contributed by atoms with Crippen LogP contribution in [0.2, 0.25) is 0 Å². The first-order chi connectivity index (χ1) is 9.49. The summed E-state index contributed by atoms with van der Waals surface area (Å²) < 4.78 is 1.26. The van der Waals surface area contributed by atoms with E-state index in [1.54, 1.807) is 0 Å². The van der Waals surface area contributed by atoms with Gasteiger partial charge in [0.2, 0.25) is 0 Å². The lowest BCUT2D eigenvalue weighted by Gasteiger charge is -2.05. The second-order valence-electron chi connectivity index (χ2n) is 4.20. The van der Waals surface area contributed by atoms with E-state index >= 15 is 0 Å². The molecule has 0 aliphatic heterocycles. The van der Waals surface area contributed by atoms with Gasteiger partial charge >= 0.3 is 5.97 Å². The third kappa shape index (κ3) is 2.79. The van der Waals surface area contributed by atoms with E-state index in [2.05, 4.69) is 4.98 Å². The molecule has 2 aromatic rings. The fraction of sp³-hybridized carbons (Fsp3) is 0.250. The molecular formula is C12H11N3O5. The number of nitro groups is 1. The summed E-state index contributed by atoms with van der Waals surface area (Å²) in [6.45, 7) is 0.205. The molecule has 2 rings (SSSR count). The van der Waals surface area contributed by atoms with E-state index in [4.69, 9.17) is 5.11 Å². The van der Waals surface area contributed by atoms with Gasteiger partial charge in [0.05, 0.1) is 22.2 Å². The van der Waals surface area contributed by atoms with Crippen molar-refractivity contribution in [3.63, 3.8) is 0 Å². The zero-order valence-electron chi connectivity index (χ0n) is 10.4. The summed E-state index contributed by atoms with van der Waals surface area (Å²) in [7, 11) is 0. The maximum Gasteiger partial charge on any atom is 0.303 e.